The molecule has 0 aliphatic heterocycles. The Labute approximate surface area is 132 Å². The molecule has 0 saturated heterocycles. The van der Waals surface area contributed by atoms with Crippen LogP contribution in [-0.2, 0) is 6.42 Å². The topological polar surface area (TPSA) is 98.0 Å². The van der Waals surface area contributed by atoms with Gasteiger partial charge in [-0.2, -0.15) is 0 Å². The Bertz CT molecular complexity index is 871. The van der Waals surface area contributed by atoms with E-state index in [-0.39, 0.29) is 11.6 Å². The minimum atomic E-state index is -0.454. The van der Waals surface area contributed by atoms with Gasteiger partial charge in [0.1, 0.15) is 5.01 Å². The molecule has 0 spiro atoms. The monoisotopic (exact) mass is 334 g/mol. The van der Waals surface area contributed by atoms with Crippen LogP contribution >= 0.6 is 22.7 Å². The highest BCUT2D eigenvalue weighted by molar-refractivity contribution is 7.21. The van der Waals surface area contributed by atoms with Crippen molar-refractivity contribution >= 4 is 49.5 Å². The average molecular weight is 334 g/mol. The largest absolute Gasteiger partial charge is 0.296 e. The van der Waals surface area contributed by atoms with E-state index < -0.39 is 4.92 Å². The molecular weight excluding hydrogens is 324 g/mol. The minimum absolute atomic E-state index is 0.00830. The number of nitrogens with one attached hydrogen (secondary N) is 1. The van der Waals surface area contributed by atoms with Crippen molar-refractivity contribution in [3.05, 3.63) is 44.3 Å². The van der Waals surface area contributed by atoms with Crippen LogP contribution in [0.4, 0.5) is 10.8 Å². The summed E-state index contributed by atoms with van der Waals surface area (Å²) < 4.78 is 0.822. The van der Waals surface area contributed by atoms with Gasteiger partial charge >= 0.3 is 0 Å². The Kier molecular flexibility index (Phi) is 3.82. The Morgan fingerprint density at radius 3 is 2.82 bits per heavy atom. The Morgan fingerprint density at radius 2 is 2.14 bits per heavy atom. The van der Waals surface area contributed by atoms with Gasteiger partial charge in [-0.05, 0) is 18.6 Å². The van der Waals surface area contributed by atoms with Gasteiger partial charge in [0.2, 0.25) is 5.13 Å². The van der Waals surface area contributed by atoms with Gasteiger partial charge in [-0.3, -0.25) is 20.2 Å². The maximum Gasteiger partial charge on any atom is 0.270 e. The first-order valence-corrected chi connectivity index (χ1v) is 8.02. The molecule has 3 rings (SSSR count). The lowest BCUT2D eigenvalue weighted by atomic mass is 10.2. The number of nitrogens with zero attached hydrogens (tertiary/aromatic N) is 3. The van der Waals surface area contributed by atoms with Gasteiger partial charge in [0.25, 0.3) is 11.6 Å². The zero-order valence-electron chi connectivity index (χ0n) is 11.4. The fourth-order valence-corrected chi connectivity index (χ4v) is 3.47. The summed E-state index contributed by atoms with van der Waals surface area (Å²) in [4.78, 5) is 23.0. The molecule has 2 heterocycles. The number of benzene rings is 1. The summed E-state index contributed by atoms with van der Waals surface area (Å²) in [5.74, 6) is -0.289. The first kappa shape index (κ1) is 14.5. The number of aryl methyl sites for hydroxylation is 1. The molecule has 0 bridgehead atoms. The molecule has 1 aromatic carbocycles. The SMILES string of the molecule is CCc1nnc(NC(=O)c2cc3cc([N+](=O)[O-])ccc3s2)s1. The number of non-ortho nitro benzene ring substituents is 1. The second-order valence-electron chi connectivity index (χ2n) is 4.40. The van der Waals surface area contributed by atoms with Crippen LogP contribution in [0.3, 0.4) is 0 Å². The molecule has 0 radical (unpaired) electrons. The van der Waals surface area contributed by atoms with E-state index in [1.807, 2.05) is 6.92 Å². The maximum atomic E-state index is 12.2. The molecule has 7 nitrogen and oxygen atoms in total. The Hall–Kier alpha value is -2.39. The number of amides is 1. The molecule has 0 unspecified atom stereocenters. The Balaban J connectivity index is 1.85. The molecule has 112 valence electrons. The lowest BCUT2D eigenvalue weighted by molar-refractivity contribution is -0.384. The van der Waals surface area contributed by atoms with Gasteiger partial charge in [-0.25, -0.2) is 0 Å². The first-order valence-electron chi connectivity index (χ1n) is 6.38. The molecule has 3 aromatic rings. The second-order valence-corrected chi connectivity index (χ2v) is 6.54. The molecule has 1 N–H and O–H groups in total. The van der Waals surface area contributed by atoms with Crippen molar-refractivity contribution in [3.63, 3.8) is 0 Å². The zero-order valence-corrected chi connectivity index (χ0v) is 13.0. The molecule has 2 aromatic heterocycles. The van der Waals surface area contributed by atoms with Gasteiger partial charge in [0.15, 0.2) is 0 Å². The van der Waals surface area contributed by atoms with Gasteiger partial charge in [-0.15, -0.1) is 21.5 Å². The van der Waals surface area contributed by atoms with Crippen molar-refractivity contribution in [1.82, 2.24) is 10.2 Å². The summed E-state index contributed by atoms with van der Waals surface area (Å²) in [6, 6.07) is 6.18. The van der Waals surface area contributed by atoms with Gasteiger partial charge in [0, 0.05) is 22.2 Å². The number of thiophene rings is 1. The van der Waals surface area contributed by atoms with Gasteiger partial charge < -0.3 is 0 Å². The van der Waals surface area contributed by atoms with Crippen molar-refractivity contribution in [2.75, 3.05) is 5.32 Å². The lowest BCUT2D eigenvalue weighted by Crippen LogP contribution is -2.09. The van der Waals surface area contributed by atoms with Crippen LogP contribution < -0.4 is 5.32 Å². The van der Waals surface area contributed by atoms with E-state index in [2.05, 4.69) is 15.5 Å². The fraction of sp³-hybridized carbons (Fsp3) is 0.154. The predicted molar refractivity (Wildman–Crippen MR) is 85.7 cm³/mol. The van der Waals surface area contributed by atoms with Crippen molar-refractivity contribution in [2.45, 2.75) is 13.3 Å². The summed E-state index contributed by atoms with van der Waals surface area (Å²) in [6.07, 6.45) is 0.764. The summed E-state index contributed by atoms with van der Waals surface area (Å²) in [5, 5.41) is 23.3. The second kappa shape index (κ2) is 5.78. The highest BCUT2D eigenvalue weighted by Gasteiger charge is 2.15. The maximum absolute atomic E-state index is 12.2. The highest BCUT2D eigenvalue weighted by Crippen LogP contribution is 2.29. The molecule has 22 heavy (non-hydrogen) atoms. The van der Waals surface area contributed by atoms with E-state index >= 15 is 0 Å². The Morgan fingerprint density at radius 1 is 1.32 bits per heavy atom. The molecule has 0 aliphatic carbocycles. The van der Waals surface area contributed by atoms with Crippen LogP contribution in [0.25, 0.3) is 10.1 Å². The third kappa shape index (κ3) is 2.81. The molecular formula is C13H10N4O3S2. The molecule has 0 atom stereocenters. The standard InChI is InChI=1S/C13H10N4O3S2/c1-2-11-15-16-13(22-11)14-12(18)10-6-7-5-8(17(19)20)3-4-9(7)21-10/h3-6H,2H2,1H3,(H,14,16,18). The number of rotatable bonds is 4. The number of aromatic nitrogens is 2. The zero-order chi connectivity index (χ0) is 15.7. The molecule has 0 saturated carbocycles. The number of anilines is 1. The molecule has 0 aliphatic rings. The van der Waals surface area contributed by atoms with Crippen LogP contribution in [0.15, 0.2) is 24.3 Å². The summed E-state index contributed by atoms with van der Waals surface area (Å²) in [6.45, 7) is 1.96. The number of carbonyl (C=O) groups excluding carboxylic acids is 1. The van der Waals surface area contributed by atoms with E-state index in [0.29, 0.717) is 15.4 Å². The third-order valence-electron chi connectivity index (χ3n) is 2.92. The molecule has 9 heteroatoms. The number of nitro benzene ring substituents is 1. The molecule has 0 fully saturated rings. The summed E-state index contributed by atoms with van der Waals surface area (Å²) >= 11 is 2.61. The van der Waals surface area contributed by atoms with Crippen molar-refractivity contribution < 1.29 is 9.72 Å². The highest BCUT2D eigenvalue weighted by atomic mass is 32.1. The predicted octanol–water partition coefficient (Wildman–Crippen LogP) is 3.48. The number of carbonyl (C=O) groups is 1. The van der Waals surface area contributed by atoms with E-state index in [1.165, 1.54) is 34.8 Å². The number of nitro groups is 1. The number of hydrogen-bond acceptors (Lipinski definition) is 7. The van der Waals surface area contributed by atoms with Crippen LogP contribution in [0, 0.1) is 10.1 Å². The van der Waals surface area contributed by atoms with Crippen molar-refractivity contribution in [3.8, 4) is 0 Å². The van der Waals surface area contributed by atoms with Crippen molar-refractivity contribution in [1.29, 1.82) is 0 Å². The van der Waals surface area contributed by atoms with E-state index in [0.717, 1.165) is 16.1 Å². The average Bonchev–Trinajstić information content (AvgIpc) is 3.12. The van der Waals surface area contributed by atoms with E-state index in [9.17, 15) is 14.9 Å². The molecule has 1 amide bonds. The van der Waals surface area contributed by atoms with Gasteiger partial charge in [0.05, 0.1) is 9.80 Å². The summed E-state index contributed by atoms with van der Waals surface area (Å²) in [5.41, 5.74) is 0.00830. The van der Waals surface area contributed by atoms with Gasteiger partial charge in [-0.1, -0.05) is 18.3 Å². The van der Waals surface area contributed by atoms with Crippen molar-refractivity contribution in [2.24, 2.45) is 0 Å². The number of fused-ring (bicyclic) bond motifs is 1. The quantitative estimate of drug-likeness (QED) is 0.582. The van der Waals surface area contributed by atoms with Crippen LogP contribution in [-0.4, -0.2) is 21.0 Å². The van der Waals surface area contributed by atoms with Crippen LogP contribution in [0.5, 0.6) is 0 Å². The first-order chi connectivity index (χ1) is 10.6. The number of hydrogen-bond donors (Lipinski definition) is 1. The third-order valence-corrected chi connectivity index (χ3v) is 5.02. The fourth-order valence-electron chi connectivity index (χ4n) is 1.86. The normalized spacial score (nSPS) is 10.8. The van der Waals surface area contributed by atoms with E-state index in [4.69, 9.17) is 0 Å². The minimum Gasteiger partial charge on any atom is -0.296 e. The van der Waals surface area contributed by atoms with Crippen LogP contribution in [0.1, 0.15) is 21.6 Å². The van der Waals surface area contributed by atoms with E-state index in [1.54, 1.807) is 12.1 Å². The lowest BCUT2D eigenvalue weighted by Gasteiger charge is -1.96. The van der Waals surface area contributed by atoms with Crippen LogP contribution in [0.2, 0.25) is 0 Å². The smallest absolute Gasteiger partial charge is 0.270 e. The summed E-state index contributed by atoms with van der Waals surface area (Å²) in [7, 11) is 0.